The van der Waals surface area contributed by atoms with E-state index in [1.165, 1.54) is 23.4 Å². The number of fused-ring (bicyclic) bond motifs is 1. The molecular weight excluding hydrogens is 326 g/mol. The number of hydrogen-bond acceptors (Lipinski definition) is 5. The van der Waals surface area contributed by atoms with Gasteiger partial charge in [-0.3, -0.25) is 9.36 Å². The number of carboxylic acid groups (broad SMARTS) is 1. The zero-order chi connectivity index (χ0) is 17.6. The van der Waals surface area contributed by atoms with E-state index in [1.807, 2.05) is 0 Å². The Balaban J connectivity index is 1.58. The fourth-order valence-electron chi connectivity index (χ4n) is 3.84. The molecule has 2 fully saturated rings. The van der Waals surface area contributed by atoms with Crippen molar-refractivity contribution in [3.8, 4) is 5.75 Å². The van der Waals surface area contributed by atoms with E-state index >= 15 is 0 Å². The second kappa shape index (κ2) is 5.73. The Hall–Kier alpha value is -2.61. The molecule has 4 rings (SSSR count). The number of nitrogens with zero attached hydrogens (tertiary/aromatic N) is 3. The second-order valence-corrected chi connectivity index (χ2v) is 6.78. The number of aromatic hydroxyl groups is 1. The van der Waals surface area contributed by atoms with Gasteiger partial charge in [-0.1, -0.05) is 0 Å². The summed E-state index contributed by atoms with van der Waals surface area (Å²) in [5, 5.41) is 19.1. The Morgan fingerprint density at radius 3 is 2.80 bits per heavy atom. The van der Waals surface area contributed by atoms with Crippen LogP contribution in [0.1, 0.15) is 25.3 Å². The highest BCUT2D eigenvalue weighted by molar-refractivity contribution is 5.78. The van der Waals surface area contributed by atoms with Crippen molar-refractivity contribution in [3.05, 3.63) is 34.9 Å². The van der Waals surface area contributed by atoms with Crippen molar-refractivity contribution in [2.24, 2.45) is 0 Å². The number of phenolic OH excluding ortho intramolecular Hbond substituents is 1. The van der Waals surface area contributed by atoms with Gasteiger partial charge in [0.25, 0.3) is 5.56 Å². The summed E-state index contributed by atoms with van der Waals surface area (Å²) in [6.07, 6.45) is 2.55. The number of amides is 1. The van der Waals surface area contributed by atoms with Crippen LogP contribution in [-0.2, 0) is 4.74 Å². The zero-order valence-electron chi connectivity index (χ0n) is 13.6. The normalized spacial score (nSPS) is 22.6. The number of carbonyl (C=O) groups is 1. The summed E-state index contributed by atoms with van der Waals surface area (Å²) in [5.41, 5.74) is -0.0268. The van der Waals surface area contributed by atoms with Crippen molar-refractivity contribution in [2.75, 3.05) is 19.7 Å². The number of phenols is 1. The van der Waals surface area contributed by atoms with Gasteiger partial charge >= 0.3 is 6.09 Å². The van der Waals surface area contributed by atoms with E-state index in [-0.39, 0.29) is 23.0 Å². The van der Waals surface area contributed by atoms with Crippen LogP contribution in [0, 0.1) is 0 Å². The number of rotatable bonds is 1. The van der Waals surface area contributed by atoms with Crippen LogP contribution in [0.3, 0.4) is 0 Å². The molecule has 2 aromatic rings. The Labute approximate surface area is 143 Å². The third-order valence-electron chi connectivity index (χ3n) is 5.29. The summed E-state index contributed by atoms with van der Waals surface area (Å²) in [6.45, 7) is 1.29. The van der Waals surface area contributed by atoms with E-state index in [0.29, 0.717) is 49.9 Å². The number of hydrogen-bond donors (Lipinski definition) is 2. The van der Waals surface area contributed by atoms with E-state index in [1.54, 1.807) is 10.6 Å². The maximum atomic E-state index is 12.8. The highest BCUT2D eigenvalue weighted by Crippen LogP contribution is 2.40. The van der Waals surface area contributed by atoms with Crippen LogP contribution < -0.4 is 5.56 Å². The predicted octanol–water partition coefficient (Wildman–Crippen LogP) is 1.58. The summed E-state index contributed by atoms with van der Waals surface area (Å²) in [5.74, 6) is 0.0318. The summed E-state index contributed by atoms with van der Waals surface area (Å²) in [7, 11) is 0. The van der Waals surface area contributed by atoms with Crippen LogP contribution in [0.5, 0.6) is 5.75 Å². The molecule has 3 heterocycles. The van der Waals surface area contributed by atoms with Gasteiger partial charge in [-0.15, -0.1) is 0 Å². The average molecular weight is 345 g/mol. The lowest BCUT2D eigenvalue weighted by Crippen LogP contribution is -2.46. The van der Waals surface area contributed by atoms with Crippen molar-refractivity contribution in [3.63, 3.8) is 0 Å². The highest BCUT2D eigenvalue weighted by atomic mass is 16.5. The predicted molar refractivity (Wildman–Crippen MR) is 88.8 cm³/mol. The van der Waals surface area contributed by atoms with Crippen molar-refractivity contribution >= 4 is 17.0 Å². The highest BCUT2D eigenvalue weighted by Gasteiger charge is 2.44. The lowest BCUT2D eigenvalue weighted by molar-refractivity contribution is -0.0396. The molecule has 1 atom stereocenters. The fourth-order valence-corrected chi connectivity index (χ4v) is 3.84. The first-order chi connectivity index (χ1) is 12.0. The van der Waals surface area contributed by atoms with Crippen molar-refractivity contribution in [1.82, 2.24) is 14.5 Å². The molecule has 0 aliphatic carbocycles. The van der Waals surface area contributed by atoms with E-state index in [2.05, 4.69) is 4.98 Å². The minimum absolute atomic E-state index is 0.0318. The number of piperidine rings is 1. The summed E-state index contributed by atoms with van der Waals surface area (Å²) in [4.78, 5) is 29.5. The Morgan fingerprint density at radius 1 is 1.32 bits per heavy atom. The molecule has 1 amide bonds. The smallest absolute Gasteiger partial charge is 0.407 e. The third-order valence-corrected chi connectivity index (χ3v) is 5.29. The monoisotopic (exact) mass is 345 g/mol. The number of likely N-dealkylation sites (tertiary alicyclic amines) is 1. The van der Waals surface area contributed by atoms with Crippen LogP contribution >= 0.6 is 0 Å². The Morgan fingerprint density at radius 2 is 2.08 bits per heavy atom. The molecule has 8 nitrogen and oxygen atoms in total. The maximum Gasteiger partial charge on any atom is 0.407 e. The Bertz CT molecular complexity index is 885. The maximum absolute atomic E-state index is 12.8. The van der Waals surface area contributed by atoms with Crippen LogP contribution in [0.25, 0.3) is 10.9 Å². The molecule has 0 bridgehead atoms. The molecule has 2 aliphatic heterocycles. The molecular formula is C17H19N3O5. The van der Waals surface area contributed by atoms with Gasteiger partial charge in [-0.2, -0.15) is 0 Å². The molecule has 132 valence electrons. The van der Waals surface area contributed by atoms with Crippen molar-refractivity contribution in [2.45, 2.75) is 30.9 Å². The van der Waals surface area contributed by atoms with Crippen LogP contribution in [-0.4, -0.2) is 56.1 Å². The summed E-state index contributed by atoms with van der Waals surface area (Å²) >= 11 is 0. The SMILES string of the molecule is O=C(O)N1CCC2(CC1)CC(n1cnc3ccc(O)cc3c1=O)CO2. The van der Waals surface area contributed by atoms with Crippen LogP contribution in [0.4, 0.5) is 4.79 Å². The van der Waals surface area contributed by atoms with Crippen molar-refractivity contribution < 1.29 is 19.7 Å². The molecule has 0 saturated carbocycles. The molecule has 25 heavy (non-hydrogen) atoms. The second-order valence-electron chi connectivity index (χ2n) is 6.78. The lowest BCUT2D eigenvalue weighted by atomic mass is 9.87. The minimum atomic E-state index is -0.904. The minimum Gasteiger partial charge on any atom is -0.508 e. The standard InChI is InChI=1S/C17H19N3O5/c21-12-1-2-14-13(7-12)15(22)20(10-18-14)11-8-17(25-9-11)3-5-19(6-4-17)16(23)24/h1-2,7,10-11,21H,3-6,8-9H2,(H,23,24). The lowest BCUT2D eigenvalue weighted by Gasteiger charge is -2.37. The molecule has 2 saturated heterocycles. The van der Waals surface area contributed by atoms with E-state index in [4.69, 9.17) is 9.84 Å². The molecule has 2 N–H and O–H groups in total. The van der Waals surface area contributed by atoms with E-state index in [9.17, 15) is 14.7 Å². The van der Waals surface area contributed by atoms with Crippen LogP contribution in [0.2, 0.25) is 0 Å². The number of aromatic nitrogens is 2. The molecule has 1 spiro atoms. The molecule has 2 aliphatic rings. The average Bonchev–Trinajstić information content (AvgIpc) is 2.99. The van der Waals surface area contributed by atoms with Gasteiger partial charge in [0.15, 0.2) is 0 Å². The first-order valence-corrected chi connectivity index (χ1v) is 8.29. The largest absolute Gasteiger partial charge is 0.508 e. The third kappa shape index (κ3) is 2.72. The quantitative estimate of drug-likeness (QED) is 0.813. The zero-order valence-corrected chi connectivity index (χ0v) is 13.6. The van der Waals surface area contributed by atoms with Gasteiger partial charge < -0.3 is 19.8 Å². The molecule has 1 unspecified atom stereocenters. The van der Waals surface area contributed by atoms with E-state index < -0.39 is 6.09 Å². The van der Waals surface area contributed by atoms with Crippen molar-refractivity contribution in [1.29, 1.82) is 0 Å². The number of ether oxygens (including phenoxy) is 1. The van der Waals surface area contributed by atoms with Gasteiger partial charge in [-0.05, 0) is 37.5 Å². The van der Waals surface area contributed by atoms with E-state index in [0.717, 1.165) is 0 Å². The molecule has 1 aromatic heterocycles. The molecule has 0 radical (unpaired) electrons. The van der Waals surface area contributed by atoms with Gasteiger partial charge in [0, 0.05) is 13.1 Å². The number of benzene rings is 1. The summed E-state index contributed by atoms with van der Waals surface area (Å²) < 4.78 is 7.58. The van der Waals surface area contributed by atoms with Gasteiger partial charge in [0.1, 0.15) is 5.75 Å². The fraction of sp³-hybridized carbons (Fsp3) is 0.471. The molecule has 8 heteroatoms. The summed E-state index contributed by atoms with van der Waals surface area (Å²) in [6, 6.07) is 4.41. The van der Waals surface area contributed by atoms with Gasteiger partial charge in [0.2, 0.25) is 0 Å². The first-order valence-electron chi connectivity index (χ1n) is 8.29. The van der Waals surface area contributed by atoms with Gasteiger partial charge in [-0.25, -0.2) is 9.78 Å². The van der Waals surface area contributed by atoms with Gasteiger partial charge in [0.05, 0.1) is 35.5 Å². The van der Waals surface area contributed by atoms with Crippen LogP contribution in [0.15, 0.2) is 29.3 Å². The first kappa shape index (κ1) is 15.9. The Kier molecular flexibility index (Phi) is 3.64. The molecule has 1 aromatic carbocycles. The topological polar surface area (TPSA) is 105 Å².